The standard InChI is InChI=1S/C11H10ClNO3S/c12-10-2-1-3-11(6-10)17(14,15)13-7-9-4-5-16-8-9/h1-6,8,13H,7H2. The Morgan fingerprint density at radius 2 is 2.12 bits per heavy atom. The van der Waals surface area contributed by atoms with Crippen molar-refractivity contribution >= 4 is 21.6 Å². The van der Waals surface area contributed by atoms with Gasteiger partial charge < -0.3 is 4.42 Å². The fourth-order valence-electron chi connectivity index (χ4n) is 1.29. The van der Waals surface area contributed by atoms with Crippen molar-refractivity contribution in [3.05, 3.63) is 53.4 Å². The molecule has 2 aromatic rings. The second-order valence-electron chi connectivity index (χ2n) is 3.41. The van der Waals surface area contributed by atoms with Gasteiger partial charge in [-0.05, 0) is 24.3 Å². The summed E-state index contributed by atoms with van der Waals surface area (Å²) in [6.45, 7) is 0.186. The lowest BCUT2D eigenvalue weighted by atomic mass is 10.4. The predicted octanol–water partition coefficient (Wildman–Crippen LogP) is 2.41. The molecule has 1 heterocycles. The average Bonchev–Trinajstić information content (AvgIpc) is 2.79. The number of hydrogen-bond acceptors (Lipinski definition) is 3. The van der Waals surface area contributed by atoms with Crippen molar-refractivity contribution in [2.75, 3.05) is 0 Å². The third kappa shape index (κ3) is 3.09. The van der Waals surface area contributed by atoms with Crippen LogP contribution < -0.4 is 4.72 Å². The minimum Gasteiger partial charge on any atom is -0.472 e. The van der Waals surface area contributed by atoms with Gasteiger partial charge in [0.05, 0.1) is 17.4 Å². The minimum absolute atomic E-state index is 0.147. The van der Waals surface area contributed by atoms with Crippen LogP contribution in [0.5, 0.6) is 0 Å². The first-order valence-corrected chi connectivity index (χ1v) is 6.70. The van der Waals surface area contributed by atoms with E-state index in [0.29, 0.717) is 5.02 Å². The van der Waals surface area contributed by atoms with Crippen LogP contribution in [0.1, 0.15) is 5.56 Å². The van der Waals surface area contributed by atoms with E-state index in [0.717, 1.165) is 5.56 Å². The molecule has 2 rings (SSSR count). The molecule has 1 aromatic heterocycles. The highest BCUT2D eigenvalue weighted by Crippen LogP contribution is 2.15. The zero-order chi connectivity index (χ0) is 12.3. The van der Waals surface area contributed by atoms with E-state index in [9.17, 15) is 8.42 Å². The van der Waals surface area contributed by atoms with Gasteiger partial charge in [0.25, 0.3) is 0 Å². The summed E-state index contributed by atoms with van der Waals surface area (Å²) in [6.07, 6.45) is 2.98. The first kappa shape index (κ1) is 12.2. The number of rotatable bonds is 4. The fraction of sp³-hybridized carbons (Fsp3) is 0.0909. The molecule has 0 saturated heterocycles. The zero-order valence-electron chi connectivity index (χ0n) is 8.76. The van der Waals surface area contributed by atoms with Crippen LogP contribution in [0.25, 0.3) is 0 Å². The van der Waals surface area contributed by atoms with Gasteiger partial charge in [0, 0.05) is 17.1 Å². The number of hydrogen-bond donors (Lipinski definition) is 1. The molecule has 1 N–H and O–H groups in total. The first-order chi connectivity index (χ1) is 8.08. The molecule has 4 nitrogen and oxygen atoms in total. The van der Waals surface area contributed by atoms with Crippen molar-refractivity contribution in [2.24, 2.45) is 0 Å². The lowest BCUT2D eigenvalue weighted by molar-refractivity contribution is 0.561. The van der Waals surface area contributed by atoms with Crippen molar-refractivity contribution in [1.29, 1.82) is 0 Å². The van der Waals surface area contributed by atoms with Crippen molar-refractivity contribution in [1.82, 2.24) is 4.72 Å². The maximum absolute atomic E-state index is 11.9. The van der Waals surface area contributed by atoms with Crippen LogP contribution in [-0.4, -0.2) is 8.42 Å². The Balaban J connectivity index is 2.14. The lowest BCUT2D eigenvalue weighted by Gasteiger charge is -2.05. The predicted molar refractivity (Wildman–Crippen MR) is 64.2 cm³/mol. The summed E-state index contributed by atoms with van der Waals surface area (Å²) in [6, 6.07) is 7.80. The van der Waals surface area contributed by atoms with Gasteiger partial charge >= 0.3 is 0 Å². The molecule has 90 valence electrons. The van der Waals surface area contributed by atoms with Gasteiger partial charge in [0.15, 0.2) is 0 Å². The Hall–Kier alpha value is -1.30. The van der Waals surface area contributed by atoms with Gasteiger partial charge in [-0.15, -0.1) is 0 Å². The molecule has 0 amide bonds. The second kappa shape index (κ2) is 4.91. The summed E-state index contributed by atoms with van der Waals surface area (Å²) < 4.78 is 31.1. The van der Waals surface area contributed by atoms with E-state index in [1.165, 1.54) is 24.7 Å². The molecule has 0 radical (unpaired) electrons. The molecule has 0 aliphatic rings. The lowest BCUT2D eigenvalue weighted by Crippen LogP contribution is -2.22. The van der Waals surface area contributed by atoms with Gasteiger partial charge in [0.2, 0.25) is 10.0 Å². The summed E-state index contributed by atoms with van der Waals surface area (Å²) in [7, 11) is -3.53. The summed E-state index contributed by atoms with van der Waals surface area (Å²) in [5.41, 5.74) is 0.760. The van der Waals surface area contributed by atoms with Gasteiger partial charge in [-0.25, -0.2) is 13.1 Å². The van der Waals surface area contributed by atoms with E-state index in [-0.39, 0.29) is 11.4 Å². The third-order valence-electron chi connectivity index (χ3n) is 2.15. The van der Waals surface area contributed by atoms with Crippen LogP contribution >= 0.6 is 11.6 Å². The number of furan rings is 1. The van der Waals surface area contributed by atoms with E-state index >= 15 is 0 Å². The van der Waals surface area contributed by atoms with Crippen molar-refractivity contribution in [3.63, 3.8) is 0 Å². The van der Waals surface area contributed by atoms with Crippen LogP contribution in [0.3, 0.4) is 0 Å². The molecule has 0 aliphatic heterocycles. The molecular formula is C11H10ClNO3S. The minimum atomic E-state index is -3.53. The Morgan fingerprint density at radius 1 is 1.29 bits per heavy atom. The molecule has 6 heteroatoms. The summed E-state index contributed by atoms with van der Waals surface area (Å²) in [4.78, 5) is 0.147. The summed E-state index contributed by atoms with van der Waals surface area (Å²) >= 11 is 5.74. The molecule has 0 bridgehead atoms. The molecule has 0 unspecified atom stereocenters. The van der Waals surface area contributed by atoms with E-state index in [4.69, 9.17) is 16.0 Å². The maximum Gasteiger partial charge on any atom is 0.240 e. The molecule has 17 heavy (non-hydrogen) atoms. The van der Waals surface area contributed by atoms with Gasteiger partial charge in [0.1, 0.15) is 0 Å². The van der Waals surface area contributed by atoms with Crippen molar-refractivity contribution < 1.29 is 12.8 Å². The molecule has 1 aromatic carbocycles. The van der Waals surface area contributed by atoms with E-state index < -0.39 is 10.0 Å². The monoisotopic (exact) mass is 271 g/mol. The van der Waals surface area contributed by atoms with Gasteiger partial charge in [-0.3, -0.25) is 0 Å². The smallest absolute Gasteiger partial charge is 0.240 e. The molecule has 0 aliphatic carbocycles. The molecule has 0 saturated carbocycles. The van der Waals surface area contributed by atoms with Crippen LogP contribution in [0.15, 0.2) is 52.2 Å². The highest BCUT2D eigenvalue weighted by atomic mass is 35.5. The topological polar surface area (TPSA) is 59.3 Å². The Morgan fingerprint density at radius 3 is 2.76 bits per heavy atom. The fourth-order valence-corrected chi connectivity index (χ4v) is 2.61. The average molecular weight is 272 g/mol. The maximum atomic E-state index is 11.9. The number of benzene rings is 1. The van der Waals surface area contributed by atoms with E-state index in [1.54, 1.807) is 18.2 Å². The van der Waals surface area contributed by atoms with Crippen LogP contribution in [0.4, 0.5) is 0 Å². The summed E-state index contributed by atoms with van der Waals surface area (Å²) in [5, 5.41) is 0.385. The number of sulfonamides is 1. The van der Waals surface area contributed by atoms with E-state index in [2.05, 4.69) is 4.72 Å². The highest BCUT2D eigenvalue weighted by Gasteiger charge is 2.13. The normalized spacial score (nSPS) is 11.6. The summed E-state index contributed by atoms with van der Waals surface area (Å²) in [5.74, 6) is 0. The Bertz CT molecular complexity index is 593. The van der Waals surface area contributed by atoms with Crippen molar-refractivity contribution in [2.45, 2.75) is 11.4 Å². The third-order valence-corrected chi connectivity index (χ3v) is 3.79. The quantitative estimate of drug-likeness (QED) is 0.929. The number of halogens is 1. The van der Waals surface area contributed by atoms with Crippen LogP contribution in [0.2, 0.25) is 5.02 Å². The molecule has 0 spiro atoms. The highest BCUT2D eigenvalue weighted by molar-refractivity contribution is 7.89. The Kier molecular flexibility index (Phi) is 3.51. The Labute approximate surface area is 104 Å². The van der Waals surface area contributed by atoms with E-state index in [1.807, 2.05) is 0 Å². The zero-order valence-corrected chi connectivity index (χ0v) is 10.3. The molecule has 0 atom stereocenters. The first-order valence-electron chi connectivity index (χ1n) is 4.84. The second-order valence-corrected chi connectivity index (χ2v) is 5.62. The van der Waals surface area contributed by atoms with Crippen LogP contribution in [0, 0.1) is 0 Å². The van der Waals surface area contributed by atoms with Crippen molar-refractivity contribution in [3.8, 4) is 0 Å². The van der Waals surface area contributed by atoms with Gasteiger partial charge in [-0.2, -0.15) is 0 Å². The molecule has 0 fully saturated rings. The largest absolute Gasteiger partial charge is 0.472 e. The number of nitrogens with one attached hydrogen (secondary N) is 1. The molecular weight excluding hydrogens is 262 g/mol. The van der Waals surface area contributed by atoms with Crippen LogP contribution in [-0.2, 0) is 16.6 Å². The van der Waals surface area contributed by atoms with Gasteiger partial charge in [-0.1, -0.05) is 17.7 Å². The SMILES string of the molecule is O=S(=O)(NCc1ccoc1)c1cccc(Cl)c1.